The number of benzene rings is 2. The molecule has 6 nitrogen and oxygen atoms in total. The average Bonchev–Trinajstić information content (AvgIpc) is 3.14. The van der Waals surface area contributed by atoms with Gasteiger partial charge in [0.05, 0.1) is 19.2 Å². The summed E-state index contributed by atoms with van der Waals surface area (Å²) in [5, 5.41) is 3.17. The molecule has 1 amide bonds. The normalized spacial score (nSPS) is 10.4. The molecule has 7 heteroatoms. The summed E-state index contributed by atoms with van der Waals surface area (Å²) in [6, 6.07) is 17.2. The maximum absolute atomic E-state index is 12.3. The Kier molecular flexibility index (Phi) is 6.97. The first-order chi connectivity index (χ1) is 14.1. The first-order valence-corrected chi connectivity index (χ1v) is 10.0. The summed E-state index contributed by atoms with van der Waals surface area (Å²) < 4.78 is 10.4. The minimum absolute atomic E-state index is 0.0918. The molecule has 29 heavy (non-hydrogen) atoms. The fourth-order valence-corrected chi connectivity index (χ4v) is 3.69. The molecule has 150 valence electrons. The topological polar surface area (TPSA) is 77.5 Å². The van der Waals surface area contributed by atoms with Crippen LogP contribution in [-0.2, 0) is 27.2 Å². The molecule has 2 aromatic carbocycles. The molecule has 0 aliphatic heterocycles. The molecular weight excluding hydrogens is 388 g/mol. The zero-order chi connectivity index (χ0) is 20.6. The minimum Gasteiger partial charge on any atom is -0.484 e. The van der Waals surface area contributed by atoms with Crippen LogP contribution in [0.25, 0.3) is 11.3 Å². The number of esters is 1. The molecule has 1 aromatic heterocycles. The zero-order valence-electron chi connectivity index (χ0n) is 16.3. The lowest BCUT2D eigenvalue weighted by Gasteiger charge is -2.07. The lowest BCUT2D eigenvalue weighted by atomic mass is 10.1. The van der Waals surface area contributed by atoms with Crippen LogP contribution in [0.5, 0.6) is 5.75 Å². The highest BCUT2D eigenvalue weighted by atomic mass is 32.1. The van der Waals surface area contributed by atoms with Crippen molar-refractivity contribution < 1.29 is 19.1 Å². The molecule has 1 N–H and O–H groups in total. The number of aromatic nitrogens is 1. The molecule has 0 radical (unpaired) electrons. The number of nitrogens with zero attached hydrogens (tertiary/aromatic N) is 1. The van der Waals surface area contributed by atoms with E-state index >= 15 is 0 Å². The van der Waals surface area contributed by atoms with Gasteiger partial charge in [-0.3, -0.25) is 14.9 Å². The molecular formula is C22H22N2O4S. The third kappa shape index (κ3) is 5.65. The monoisotopic (exact) mass is 410 g/mol. The summed E-state index contributed by atoms with van der Waals surface area (Å²) in [6.45, 7) is 1.93. The van der Waals surface area contributed by atoms with E-state index in [1.165, 1.54) is 18.4 Å². The number of carbonyl (C=O) groups excluding carboxylic acids is 2. The second-order valence-electron chi connectivity index (χ2n) is 6.25. The Morgan fingerprint density at radius 3 is 2.62 bits per heavy atom. The van der Waals surface area contributed by atoms with Crippen molar-refractivity contribution in [1.82, 2.24) is 4.98 Å². The lowest BCUT2D eigenvalue weighted by Crippen LogP contribution is -2.20. The number of rotatable bonds is 8. The van der Waals surface area contributed by atoms with E-state index in [0.717, 1.165) is 22.4 Å². The second kappa shape index (κ2) is 9.84. The average molecular weight is 410 g/mol. The molecule has 3 aromatic rings. The van der Waals surface area contributed by atoms with E-state index < -0.39 is 0 Å². The number of methoxy groups -OCH3 is 1. The highest BCUT2D eigenvalue weighted by Gasteiger charge is 2.18. The van der Waals surface area contributed by atoms with Crippen molar-refractivity contribution in [3.63, 3.8) is 0 Å². The molecule has 0 atom stereocenters. The highest BCUT2D eigenvalue weighted by molar-refractivity contribution is 7.16. The van der Waals surface area contributed by atoms with Crippen LogP contribution in [0.1, 0.15) is 17.4 Å². The van der Waals surface area contributed by atoms with Crippen molar-refractivity contribution >= 4 is 28.3 Å². The number of thiazole rings is 1. The Balaban J connectivity index is 1.71. The molecule has 1 heterocycles. The number of anilines is 1. The first kappa shape index (κ1) is 20.5. The molecule has 3 rings (SSSR count). The van der Waals surface area contributed by atoms with Gasteiger partial charge in [-0.15, -0.1) is 11.3 Å². The van der Waals surface area contributed by atoms with E-state index in [4.69, 9.17) is 9.47 Å². The molecule has 0 saturated carbocycles. The summed E-state index contributed by atoms with van der Waals surface area (Å²) >= 11 is 1.25. The van der Waals surface area contributed by atoms with Gasteiger partial charge in [0.25, 0.3) is 5.91 Å². The maximum atomic E-state index is 12.3. The van der Waals surface area contributed by atoms with Crippen LogP contribution in [0.4, 0.5) is 5.13 Å². The minimum atomic E-state index is -0.358. The molecule has 0 aliphatic carbocycles. The first-order valence-electron chi connectivity index (χ1n) is 9.22. The second-order valence-corrected chi connectivity index (χ2v) is 7.33. The van der Waals surface area contributed by atoms with Crippen LogP contribution in [0, 0.1) is 0 Å². The van der Waals surface area contributed by atoms with Gasteiger partial charge in [-0.25, -0.2) is 4.98 Å². The third-order valence-electron chi connectivity index (χ3n) is 4.20. The number of amides is 1. The van der Waals surface area contributed by atoms with E-state index in [0.29, 0.717) is 16.6 Å². The van der Waals surface area contributed by atoms with Crippen molar-refractivity contribution in [2.24, 2.45) is 0 Å². The van der Waals surface area contributed by atoms with Crippen molar-refractivity contribution in [2.45, 2.75) is 19.8 Å². The molecule has 0 fully saturated rings. The fourth-order valence-electron chi connectivity index (χ4n) is 2.71. The molecule has 0 spiro atoms. The van der Waals surface area contributed by atoms with Crippen LogP contribution in [0.2, 0.25) is 0 Å². The van der Waals surface area contributed by atoms with Crippen molar-refractivity contribution in [3.8, 4) is 17.0 Å². The fraction of sp³-hybridized carbons (Fsp3) is 0.227. The Morgan fingerprint density at radius 1 is 1.10 bits per heavy atom. The predicted molar refractivity (Wildman–Crippen MR) is 113 cm³/mol. The Morgan fingerprint density at radius 2 is 1.90 bits per heavy atom. The maximum Gasteiger partial charge on any atom is 0.310 e. The van der Waals surface area contributed by atoms with Gasteiger partial charge in [-0.1, -0.05) is 49.4 Å². The predicted octanol–water partition coefficient (Wildman–Crippen LogP) is 4.11. The Hall–Kier alpha value is -3.19. The van der Waals surface area contributed by atoms with E-state index in [9.17, 15) is 9.59 Å². The van der Waals surface area contributed by atoms with Gasteiger partial charge >= 0.3 is 5.97 Å². The smallest absolute Gasteiger partial charge is 0.310 e. The molecule has 0 saturated heterocycles. The van der Waals surface area contributed by atoms with Gasteiger partial charge in [0.2, 0.25) is 0 Å². The number of ether oxygens (including phenoxy) is 2. The van der Waals surface area contributed by atoms with Crippen LogP contribution in [0.3, 0.4) is 0 Å². The van der Waals surface area contributed by atoms with Gasteiger partial charge in [0.15, 0.2) is 11.7 Å². The summed E-state index contributed by atoms with van der Waals surface area (Å²) in [5.41, 5.74) is 2.67. The summed E-state index contributed by atoms with van der Waals surface area (Å²) in [5.74, 6) is -0.0253. The Bertz CT molecular complexity index is 985. The van der Waals surface area contributed by atoms with E-state index in [-0.39, 0.29) is 24.9 Å². The third-order valence-corrected chi connectivity index (χ3v) is 5.17. The van der Waals surface area contributed by atoms with Gasteiger partial charge in [-0.2, -0.15) is 0 Å². The number of hydrogen-bond donors (Lipinski definition) is 1. The molecule has 0 aliphatic rings. The standard InChI is InChI=1S/C22H22N2O4S/c1-3-15-8-7-11-17(12-15)28-14-19(25)23-22-24-21(16-9-5-4-6-10-16)18(29-22)13-20(26)27-2/h4-12H,3,13-14H2,1-2H3,(H,23,24,25). The molecule has 0 bridgehead atoms. The van der Waals surface area contributed by atoms with E-state index in [2.05, 4.69) is 17.2 Å². The number of carbonyl (C=O) groups is 2. The summed E-state index contributed by atoms with van der Waals surface area (Å²) in [4.78, 5) is 29.3. The van der Waals surface area contributed by atoms with Crippen molar-refractivity contribution in [3.05, 3.63) is 65.0 Å². The summed E-state index contributed by atoms with van der Waals surface area (Å²) in [7, 11) is 1.35. The van der Waals surface area contributed by atoms with Crippen molar-refractivity contribution in [2.75, 3.05) is 19.0 Å². The number of nitrogens with one attached hydrogen (secondary N) is 1. The number of hydrogen-bond acceptors (Lipinski definition) is 6. The SMILES string of the molecule is CCc1cccc(OCC(=O)Nc2nc(-c3ccccc3)c(CC(=O)OC)s2)c1. The Labute approximate surface area is 173 Å². The van der Waals surface area contributed by atoms with Gasteiger partial charge in [0.1, 0.15) is 5.75 Å². The quantitative estimate of drug-likeness (QED) is 0.566. The largest absolute Gasteiger partial charge is 0.484 e. The summed E-state index contributed by atoms with van der Waals surface area (Å²) in [6.07, 6.45) is 0.988. The van der Waals surface area contributed by atoms with E-state index in [1.54, 1.807) is 0 Å². The highest BCUT2D eigenvalue weighted by Crippen LogP contribution is 2.31. The van der Waals surface area contributed by atoms with Crippen LogP contribution >= 0.6 is 11.3 Å². The number of aryl methyl sites for hydroxylation is 1. The zero-order valence-corrected chi connectivity index (χ0v) is 17.1. The van der Waals surface area contributed by atoms with Crippen LogP contribution in [-0.4, -0.2) is 30.6 Å². The molecule has 0 unspecified atom stereocenters. The lowest BCUT2D eigenvalue weighted by molar-refractivity contribution is -0.139. The van der Waals surface area contributed by atoms with Gasteiger partial charge in [-0.05, 0) is 24.1 Å². The van der Waals surface area contributed by atoms with E-state index in [1.807, 2.05) is 54.6 Å². The van der Waals surface area contributed by atoms with Gasteiger partial charge in [0, 0.05) is 10.4 Å². The van der Waals surface area contributed by atoms with Crippen molar-refractivity contribution in [1.29, 1.82) is 0 Å². The van der Waals surface area contributed by atoms with Gasteiger partial charge < -0.3 is 9.47 Å². The van der Waals surface area contributed by atoms with Crippen LogP contribution in [0.15, 0.2) is 54.6 Å². The van der Waals surface area contributed by atoms with Crippen LogP contribution < -0.4 is 10.1 Å².